The molecule has 0 fully saturated rings. The fraction of sp³-hybridized carbons (Fsp3) is 0. The van der Waals surface area contributed by atoms with Crippen molar-refractivity contribution >= 4 is 91.5 Å². The molecule has 0 spiro atoms. The molecule has 0 aliphatic carbocycles. The summed E-state index contributed by atoms with van der Waals surface area (Å²) in [6.07, 6.45) is 0. The molecule has 240 valence electrons. The molecule has 0 amide bonds. The second-order valence-electron chi connectivity index (χ2n) is 13.5. The van der Waals surface area contributed by atoms with Crippen LogP contribution in [0.4, 0.5) is 5.69 Å². The van der Waals surface area contributed by atoms with Crippen LogP contribution in [0.25, 0.3) is 113 Å². The number of furan rings is 1. The van der Waals surface area contributed by atoms with Crippen molar-refractivity contribution in [3.05, 3.63) is 175 Å². The summed E-state index contributed by atoms with van der Waals surface area (Å²) >= 11 is 1.84. The summed E-state index contributed by atoms with van der Waals surface area (Å²) in [5, 5.41) is 12.1. The number of para-hydroxylation sites is 1. The maximum Gasteiger partial charge on any atom is 0.187 e. The van der Waals surface area contributed by atoms with Crippen molar-refractivity contribution < 1.29 is 4.42 Å². The number of thiophene rings is 1. The number of hydrogen-bond donors (Lipinski definition) is 0. The van der Waals surface area contributed by atoms with Crippen molar-refractivity contribution in [1.29, 1.82) is 0 Å². The molecule has 2 nitrogen and oxygen atoms in total. The lowest BCUT2D eigenvalue weighted by atomic mass is 9.85. The maximum atomic E-state index is 7.44. The van der Waals surface area contributed by atoms with Gasteiger partial charge >= 0.3 is 0 Å². The van der Waals surface area contributed by atoms with Gasteiger partial charge in [-0.3, -0.25) is 0 Å². The Morgan fingerprint density at radius 2 is 0.942 bits per heavy atom. The molecule has 2 heterocycles. The van der Waals surface area contributed by atoms with Gasteiger partial charge in [0.05, 0.1) is 6.57 Å². The lowest BCUT2D eigenvalue weighted by Gasteiger charge is -2.18. The van der Waals surface area contributed by atoms with Gasteiger partial charge in [0.2, 0.25) is 0 Å². The van der Waals surface area contributed by atoms with E-state index in [0.29, 0.717) is 5.69 Å². The van der Waals surface area contributed by atoms with E-state index >= 15 is 0 Å². The lowest BCUT2D eigenvalue weighted by Crippen LogP contribution is -1.91. The highest BCUT2D eigenvalue weighted by Gasteiger charge is 2.21. The van der Waals surface area contributed by atoms with Crippen molar-refractivity contribution in [3.8, 4) is 33.4 Å². The fourth-order valence-corrected chi connectivity index (χ4v) is 9.55. The Kier molecular flexibility index (Phi) is 6.22. The third kappa shape index (κ3) is 4.23. The van der Waals surface area contributed by atoms with Crippen LogP contribution in [-0.2, 0) is 0 Å². The van der Waals surface area contributed by atoms with Crippen LogP contribution in [0.1, 0.15) is 0 Å². The molecule has 0 saturated carbocycles. The van der Waals surface area contributed by atoms with Gasteiger partial charge in [-0.15, -0.1) is 11.3 Å². The Bertz CT molecular complexity index is 3160. The summed E-state index contributed by atoms with van der Waals surface area (Å²) in [4.78, 5) is 3.62. The topological polar surface area (TPSA) is 17.5 Å². The second kappa shape index (κ2) is 11.1. The first kappa shape index (κ1) is 29.0. The number of hydrogen-bond acceptors (Lipinski definition) is 2. The Morgan fingerprint density at radius 1 is 0.423 bits per heavy atom. The van der Waals surface area contributed by atoms with Crippen molar-refractivity contribution in [2.45, 2.75) is 0 Å². The molecule has 0 bridgehead atoms. The normalized spacial score (nSPS) is 11.8. The van der Waals surface area contributed by atoms with Gasteiger partial charge < -0.3 is 4.42 Å². The van der Waals surface area contributed by atoms with Crippen LogP contribution in [0.5, 0.6) is 0 Å². The molecule has 52 heavy (non-hydrogen) atoms. The smallest absolute Gasteiger partial charge is 0.187 e. The molecule has 2 aromatic heterocycles. The van der Waals surface area contributed by atoms with Gasteiger partial charge in [0.1, 0.15) is 11.2 Å². The standard InChI is InChI=1S/C49H27NOS/c1-50-34-24-22-29(23-25-34)45-37-12-2-4-14-39(37)46(40-15-5-3-13-38(40)45)32-20-18-31-27-33(21-19-30(31)26-32)47-48-41(35-10-6-8-16-43(35)51-48)28-42-36-11-7-9-17-44(36)52-49(42)47/h2-28H. The summed E-state index contributed by atoms with van der Waals surface area (Å²) in [6, 6.07) is 58.6. The van der Waals surface area contributed by atoms with Gasteiger partial charge in [0.15, 0.2) is 5.69 Å². The second-order valence-corrected chi connectivity index (χ2v) is 14.5. The average molecular weight is 678 g/mol. The zero-order chi connectivity index (χ0) is 34.3. The van der Waals surface area contributed by atoms with E-state index in [4.69, 9.17) is 11.0 Å². The van der Waals surface area contributed by atoms with Crippen molar-refractivity contribution in [3.63, 3.8) is 0 Å². The third-order valence-corrected chi connectivity index (χ3v) is 11.8. The summed E-state index contributed by atoms with van der Waals surface area (Å²) < 4.78 is 9.20. The molecule has 0 unspecified atom stereocenters. The lowest BCUT2D eigenvalue weighted by molar-refractivity contribution is 0.670. The summed E-state index contributed by atoms with van der Waals surface area (Å²) in [7, 11) is 0. The number of nitrogens with zero attached hydrogens (tertiary/aromatic N) is 1. The van der Waals surface area contributed by atoms with Gasteiger partial charge in [-0.1, -0.05) is 133 Å². The van der Waals surface area contributed by atoms with E-state index in [1.54, 1.807) is 0 Å². The summed E-state index contributed by atoms with van der Waals surface area (Å²) in [6.45, 7) is 7.44. The van der Waals surface area contributed by atoms with Gasteiger partial charge in [-0.25, -0.2) is 4.85 Å². The third-order valence-electron chi connectivity index (χ3n) is 10.6. The maximum absolute atomic E-state index is 7.44. The SMILES string of the molecule is [C-]#[N+]c1ccc(-c2c3ccccc3c(-c3ccc4cc(-c5c6oc7ccccc7c6cc6c5sc5ccccc56)ccc4c3)c3ccccc23)cc1. The molecular formula is C49H27NOS. The summed E-state index contributed by atoms with van der Waals surface area (Å²) in [5.41, 5.74) is 9.56. The molecule has 11 rings (SSSR count). The number of fused-ring (bicyclic) bond motifs is 9. The highest BCUT2D eigenvalue weighted by Crippen LogP contribution is 2.48. The van der Waals surface area contributed by atoms with Crippen LogP contribution >= 0.6 is 11.3 Å². The van der Waals surface area contributed by atoms with E-state index in [9.17, 15) is 0 Å². The first-order chi connectivity index (χ1) is 25.7. The van der Waals surface area contributed by atoms with E-state index < -0.39 is 0 Å². The van der Waals surface area contributed by atoms with E-state index in [1.165, 1.54) is 69.2 Å². The molecule has 0 radical (unpaired) electrons. The first-order valence-corrected chi connectivity index (χ1v) is 18.3. The van der Waals surface area contributed by atoms with Gasteiger partial charge in [-0.2, -0.15) is 0 Å². The van der Waals surface area contributed by atoms with E-state index in [1.807, 2.05) is 29.5 Å². The zero-order valence-electron chi connectivity index (χ0n) is 27.9. The van der Waals surface area contributed by atoms with Crippen LogP contribution < -0.4 is 0 Å². The van der Waals surface area contributed by atoms with Crippen LogP contribution in [-0.4, -0.2) is 0 Å². The molecule has 3 heteroatoms. The predicted molar refractivity (Wildman–Crippen MR) is 222 cm³/mol. The zero-order valence-corrected chi connectivity index (χ0v) is 28.7. The Morgan fingerprint density at radius 3 is 1.58 bits per heavy atom. The Hall–Kier alpha value is -6.73. The molecule has 11 aromatic rings. The molecule has 0 N–H and O–H groups in total. The molecule has 0 saturated heterocycles. The minimum Gasteiger partial charge on any atom is -0.455 e. The van der Waals surface area contributed by atoms with Gasteiger partial charge in [-0.05, 0) is 90.5 Å². The molecule has 0 aliphatic rings. The predicted octanol–water partition coefficient (Wildman–Crippen LogP) is 15.0. The van der Waals surface area contributed by atoms with Gasteiger partial charge in [0, 0.05) is 36.5 Å². The quantitative estimate of drug-likeness (QED) is 0.134. The van der Waals surface area contributed by atoms with Crippen molar-refractivity contribution in [2.24, 2.45) is 0 Å². The van der Waals surface area contributed by atoms with Crippen LogP contribution in [0, 0.1) is 6.57 Å². The van der Waals surface area contributed by atoms with E-state index in [-0.39, 0.29) is 0 Å². The highest BCUT2D eigenvalue weighted by atomic mass is 32.1. The molecule has 9 aromatic carbocycles. The monoisotopic (exact) mass is 677 g/mol. The minimum absolute atomic E-state index is 0.649. The Labute approximate surface area is 303 Å². The highest BCUT2D eigenvalue weighted by molar-refractivity contribution is 7.26. The van der Waals surface area contributed by atoms with Crippen LogP contribution in [0.15, 0.2) is 168 Å². The largest absolute Gasteiger partial charge is 0.455 e. The fourth-order valence-electron chi connectivity index (χ4n) is 8.31. The number of benzene rings is 9. The van der Waals surface area contributed by atoms with E-state index in [0.717, 1.165) is 38.6 Å². The molecule has 0 aliphatic heterocycles. The average Bonchev–Trinajstić information content (AvgIpc) is 3.77. The van der Waals surface area contributed by atoms with E-state index in [2.05, 4.69) is 150 Å². The van der Waals surface area contributed by atoms with Crippen molar-refractivity contribution in [2.75, 3.05) is 0 Å². The van der Waals surface area contributed by atoms with Crippen LogP contribution in [0.2, 0.25) is 0 Å². The minimum atomic E-state index is 0.649. The summed E-state index contributed by atoms with van der Waals surface area (Å²) in [5.74, 6) is 0. The molecular weight excluding hydrogens is 651 g/mol. The first-order valence-electron chi connectivity index (χ1n) is 17.4. The van der Waals surface area contributed by atoms with Gasteiger partial charge in [0.25, 0.3) is 0 Å². The van der Waals surface area contributed by atoms with Crippen LogP contribution in [0.3, 0.4) is 0 Å². The van der Waals surface area contributed by atoms with Crippen molar-refractivity contribution in [1.82, 2.24) is 0 Å². The Balaban J connectivity index is 1.13. The molecule has 0 atom stereocenters. The number of rotatable bonds is 3.